The van der Waals surface area contributed by atoms with Gasteiger partial charge >= 0.3 is 11.9 Å². The molecule has 30 heavy (non-hydrogen) atoms. The third kappa shape index (κ3) is 4.27. The minimum atomic E-state index is -2.66. The largest absolute Gasteiger partial charge is 0.465 e. The molecular weight excluding hydrogens is 394 g/mol. The van der Waals surface area contributed by atoms with Crippen LogP contribution in [0.15, 0.2) is 78.2 Å². The van der Waals surface area contributed by atoms with Crippen LogP contribution >= 0.6 is 0 Å². The summed E-state index contributed by atoms with van der Waals surface area (Å²) < 4.78 is 35.5. The van der Waals surface area contributed by atoms with Gasteiger partial charge in [0.05, 0.1) is 25.5 Å². The Balaban J connectivity index is 2.02. The monoisotopic (exact) mass is 412 g/mol. The van der Waals surface area contributed by atoms with E-state index in [-0.39, 0.29) is 17.0 Å². The molecule has 1 aliphatic rings. The van der Waals surface area contributed by atoms with Crippen LogP contribution in [0.5, 0.6) is 0 Å². The number of halogens is 2. The van der Waals surface area contributed by atoms with Crippen molar-refractivity contribution in [3.8, 4) is 11.3 Å². The number of ether oxygens (including phenoxy) is 2. The summed E-state index contributed by atoms with van der Waals surface area (Å²) in [5.41, 5.74) is 1.27. The number of allylic oxidation sites excluding steroid dienone is 2. The molecule has 1 aromatic heterocycles. The summed E-state index contributed by atoms with van der Waals surface area (Å²) in [6.07, 6.45) is 3.65. The lowest BCUT2D eigenvalue weighted by molar-refractivity contribution is -0.139. The highest BCUT2D eigenvalue weighted by Gasteiger charge is 2.27. The Morgan fingerprint density at radius 1 is 0.967 bits per heavy atom. The number of methoxy groups -OCH3 is 2. The lowest BCUT2D eigenvalue weighted by Crippen LogP contribution is -2.26. The van der Waals surface area contributed by atoms with Gasteiger partial charge in [0.2, 0.25) is 0 Å². The van der Waals surface area contributed by atoms with E-state index < -0.39 is 18.4 Å². The van der Waals surface area contributed by atoms with Gasteiger partial charge in [0.25, 0.3) is 6.43 Å². The molecule has 1 aromatic carbocycles. The van der Waals surface area contributed by atoms with Crippen LogP contribution in [0, 0.1) is 0 Å². The van der Waals surface area contributed by atoms with Crippen LogP contribution in [0.1, 0.15) is 12.1 Å². The third-order valence-corrected chi connectivity index (χ3v) is 4.32. The maximum absolute atomic E-state index is 12.9. The second kappa shape index (κ2) is 9.13. The fourth-order valence-corrected chi connectivity index (χ4v) is 2.89. The molecule has 0 saturated heterocycles. The molecule has 154 valence electrons. The summed E-state index contributed by atoms with van der Waals surface area (Å²) >= 11 is 0. The van der Waals surface area contributed by atoms with Crippen molar-refractivity contribution in [3.63, 3.8) is 0 Å². The van der Waals surface area contributed by atoms with E-state index in [1.54, 1.807) is 48.7 Å². The van der Waals surface area contributed by atoms with Gasteiger partial charge in [-0.25, -0.2) is 23.4 Å². The van der Waals surface area contributed by atoms with E-state index in [4.69, 9.17) is 9.47 Å². The first kappa shape index (κ1) is 20.9. The number of carbonyl (C=O) groups excluding carboxylic acids is 2. The first-order valence-electron chi connectivity index (χ1n) is 8.86. The fraction of sp³-hybridized carbons (Fsp3) is 0.136. The lowest BCUT2D eigenvalue weighted by atomic mass is 10.1. The van der Waals surface area contributed by atoms with Gasteiger partial charge in [-0.1, -0.05) is 24.3 Å². The number of hydrogen-bond acceptors (Lipinski definition) is 6. The van der Waals surface area contributed by atoms with Crippen LogP contribution < -0.4 is 4.90 Å². The summed E-state index contributed by atoms with van der Waals surface area (Å²) in [5, 5.41) is 0. The van der Waals surface area contributed by atoms with Gasteiger partial charge in [-0.2, -0.15) is 0 Å². The normalized spacial score (nSPS) is 13.4. The van der Waals surface area contributed by atoms with Crippen LogP contribution in [-0.4, -0.2) is 31.1 Å². The molecular formula is C22H18F2N2O4. The minimum Gasteiger partial charge on any atom is -0.465 e. The summed E-state index contributed by atoms with van der Waals surface area (Å²) in [6, 6.07) is 11.1. The van der Waals surface area contributed by atoms with Crippen molar-refractivity contribution < 1.29 is 27.8 Å². The fourth-order valence-electron chi connectivity index (χ4n) is 2.89. The molecule has 1 aliphatic heterocycles. The van der Waals surface area contributed by atoms with Crippen molar-refractivity contribution in [1.82, 2.24) is 4.98 Å². The van der Waals surface area contributed by atoms with Gasteiger partial charge in [0.1, 0.15) is 11.4 Å². The van der Waals surface area contributed by atoms with Gasteiger partial charge in [0, 0.05) is 17.5 Å². The number of anilines is 1. The van der Waals surface area contributed by atoms with E-state index in [9.17, 15) is 18.4 Å². The molecule has 0 radical (unpaired) electrons. The van der Waals surface area contributed by atoms with E-state index in [0.29, 0.717) is 16.9 Å². The standard InChI is InChI=1S/C22H18F2N2O4/c1-29-21(27)16-6-3-4-13-26(19(16)22(28)30-2)15-11-9-14(10-12-15)17-7-5-8-18(25-17)20(23)24/h3-13,20H,1-2H3. The lowest BCUT2D eigenvalue weighted by Gasteiger charge is -2.23. The van der Waals surface area contributed by atoms with E-state index in [2.05, 4.69) is 4.98 Å². The number of rotatable bonds is 5. The second-order valence-corrected chi connectivity index (χ2v) is 6.11. The quantitative estimate of drug-likeness (QED) is 0.687. The number of nitrogens with zero attached hydrogens (tertiary/aromatic N) is 2. The third-order valence-electron chi connectivity index (χ3n) is 4.32. The highest BCUT2D eigenvalue weighted by atomic mass is 19.3. The van der Waals surface area contributed by atoms with Crippen molar-refractivity contribution in [2.45, 2.75) is 6.43 Å². The number of esters is 2. The number of carbonyl (C=O) groups is 2. The molecule has 0 atom stereocenters. The molecule has 0 N–H and O–H groups in total. The van der Waals surface area contributed by atoms with E-state index >= 15 is 0 Å². The van der Waals surface area contributed by atoms with Crippen LogP contribution in [0.2, 0.25) is 0 Å². The van der Waals surface area contributed by atoms with Crippen molar-refractivity contribution in [2.75, 3.05) is 19.1 Å². The molecule has 0 aliphatic carbocycles. The first-order valence-corrected chi connectivity index (χ1v) is 8.86. The van der Waals surface area contributed by atoms with Crippen LogP contribution in [0.3, 0.4) is 0 Å². The molecule has 0 saturated carbocycles. The molecule has 6 nitrogen and oxygen atoms in total. The highest BCUT2D eigenvalue weighted by molar-refractivity contribution is 6.05. The Hall–Kier alpha value is -3.81. The minimum absolute atomic E-state index is 0.0140. The van der Waals surface area contributed by atoms with Gasteiger partial charge in [-0.3, -0.25) is 0 Å². The van der Waals surface area contributed by atoms with Crippen molar-refractivity contribution in [2.24, 2.45) is 0 Å². The maximum atomic E-state index is 12.9. The Bertz CT molecular complexity index is 1040. The Morgan fingerprint density at radius 3 is 2.30 bits per heavy atom. The molecule has 2 aromatic rings. The predicted molar refractivity (Wildman–Crippen MR) is 106 cm³/mol. The van der Waals surface area contributed by atoms with E-state index in [1.807, 2.05) is 0 Å². The SMILES string of the molecule is COC(=O)C1=C(C(=O)OC)N(c2ccc(-c3cccc(C(F)F)n3)cc2)C=CC=C1. The Kier molecular flexibility index (Phi) is 6.36. The smallest absolute Gasteiger partial charge is 0.355 e. The van der Waals surface area contributed by atoms with Gasteiger partial charge in [-0.15, -0.1) is 0 Å². The number of alkyl halides is 2. The van der Waals surface area contributed by atoms with Gasteiger partial charge in [-0.05, 0) is 36.4 Å². The van der Waals surface area contributed by atoms with E-state index in [0.717, 1.165) is 0 Å². The average molecular weight is 412 g/mol. The summed E-state index contributed by atoms with van der Waals surface area (Å²) in [7, 11) is 2.43. The van der Waals surface area contributed by atoms with Gasteiger partial charge in [0.15, 0.2) is 0 Å². The predicted octanol–water partition coefficient (Wildman–Crippen LogP) is 4.18. The average Bonchev–Trinajstić information content (AvgIpc) is 3.01. The molecule has 0 spiro atoms. The zero-order valence-corrected chi connectivity index (χ0v) is 16.2. The molecule has 2 heterocycles. The second-order valence-electron chi connectivity index (χ2n) is 6.11. The Labute approximate surface area is 171 Å². The molecule has 0 fully saturated rings. The van der Waals surface area contributed by atoms with Crippen LogP contribution in [0.25, 0.3) is 11.3 Å². The zero-order valence-electron chi connectivity index (χ0n) is 16.2. The molecule has 3 rings (SSSR count). The van der Waals surface area contributed by atoms with Crippen molar-refractivity contribution >= 4 is 17.6 Å². The number of pyridine rings is 1. The van der Waals surface area contributed by atoms with Crippen LogP contribution in [-0.2, 0) is 19.1 Å². The summed E-state index contributed by atoms with van der Waals surface area (Å²) in [5.74, 6) is -1.41. The van der Waals surface area contributed by atoms with Crippen LogP contribution in [0.4, 0.5) is 14.5 Å². The topological polar surface area (TPSA) is 68.7 Å². The molecule has 0 unspecified atom stereocenters. The van der Waals surface area contributed by atoms with E-state index in [1.165, 1.54) is 37.3 Å². The number of hydrogen-bond donors (Lipinski definition) is 0. The molecule has 0 bridgehead atoms. The molecule has 8 heteroatoms. The van der Waals surface area contributed by atoms with Crippen molar-refractivity contribution in [1.29, 1.82) is 0 Å². The van der Waals surface area contributed by atoms with Crippen molar-refractivity contribution in [3.05, 3.63) is 83.9 Å². The maximum Gasteiger partial charge on any atom is 0.355 e. The molecule has 0 amide bonds. The summed E-state index contributed by atoms with van der Waals surface area (Å²) in [4.78, 5) is 30.1. The zero-order chi connectivity index (χ0) is 21.7. The summed E-state index contributed by atoms with van der Waals surface area (Å²) in [6.45, 7) is 0. The number of benzene rings is 1. The highest BCUT2D eigenvalue weighted by Crippen LogP contribution is 2.29. The number of aromatic nitrogens is 1. The Morgan fingerprint density at radius 2 is 1.67 bits per heavy atom. The first-order chi connectivity index (χ1) is 14.5. The van der Waals surface area contributed by atoms with Gasteiger partial charge < -0.3 is 14.4 Å².